The van der Waals surface area contributed by atoms with Gasteiger partial charge in [-0.25, -0.2) is 0 Å². The van der Waals surface area contributed by atoms with Gasteiger partial charge in [-0.1, -0.05) is 24.4 Å². The molecule has 0 bridgehead atoms. The van der Waals surface area contributed by atoms with Gasteiger partial charge in [0.05, 0.1) is 0 Å². The molecule has 1 fully saturated rings. The summed E-state index contributed by atoms with van der Waals surface area (Å²) in [5.41, 5.74) is 0.498. The molecule has 1 aliphatic rings. The number of carbonyl (C=O) groups is 3. The summed E-state index contributed by atoms with van der Waals surface area (Å²) in [4.78, 5) is 37.7. The van der Waals surface area contributed by atoms with Crippen LogP contribution in [0, 0.1) is 0 Å². The van der Waals surface area contributed by atoms with Crippen molar-refractivity contribution >= 4 is 29.3 Å². The van der Waals surface area contributed by atoms with E-state index < -0.39 is 0 Å². The van der Waals surface area contributed by atoms with Gasteiger partial charge >= 0.3 is 0 Å². The first-order valence-electron chi connectivity index (χ1n) is 9.14. The summed E-state index contributed by atoms with van der Waals surface area (Å²) in [6.45, 7) is 2.22. The van der Waals surface area contributed by atoms with Gasteiger partial charge < -0.3 is 15.5 Å². The number of halogens is 1. The van der Waals surface area contributed by atoms with Crippen LogP contribution >= 0.6 is 11.6 Å². The smallest absolute Gasteiger partial charge is 0.251 e. The molecule has 0 atom stereocenters. The summed E-state index contributed by atoms with van der Waals surface area (Å²) in [7, 11) is 0. The molecule has 7 heteroatoms. The van der Waals surface area contributed by atoms with Crippen LogP contribution in [0.15, 0.2) is 24.3 Å². The second kappa shape index (κ2) is 10.8. The molecular formula is C19H26ClN3O3. The first-order chi connectivity index (χ1) is 12.6. The van der Waals surface area contributed by atoms with Gasteiger partial charge in [0.1, 0.15) is 0 Å². The highest BCUT2D eigenvalue weighted by molar-refractivity contribution is 6.30. The van der Waals surface area contributed by atoms with Crippen molar-refractivity contribution in [2.45, 2.75) is 38.5 Å². The molecule has 0 saturated carbocycles. The highest BCUT2D eigenvalue weighted by Gasteiger charge is 2.15. The molecule has 0 aliphatic carbocycles. The largest absolute Gasteiger partial charge is 0.356 e. The summed E-state index contributed by atoms with van der Waals surface area (Å²) < 4.78 is 0. The first-order valence-corrected chi connectivity index (χ1v) is 9.52. The van der Waals surface area contributed by atoms with Crippen LogP contribution in [0.5, 0.6) is 0 Å². The monoisotopic (exact) mass is 379 g/mol. The summed E-state index contributed by atoms with van der Waals surface area (Å²) >= 11 is 5.78. The van der Waals surface area contributed by atoms with Crippen LogP contribution in [-0.2, 0) is 9.59 Å². The molecule has 2 rings (SSSR count). The van der Waals surface area contributed by atoms with Crippen LogP contribution in [0.1, 0.15) is 48.9 Å². The molecule has 3 amide bonds. The average Bonchev–Trinajstić information content (AvgIpc) is 2.91. The third kappa shape index (κ3) is 7.04. The number of hydrogen-bond acceptors (Lipinski definition) is 3. The Morgan fingerprint density at radius 2 is 1.50 bits per heavy atom. The molecule has 26 heavy (non-hydrogen) atoms. The Bertz CT molecular complexity index is 611. The van der Waals surface area contributed by atoms with Crippen LogP contribution in [-0.4, -0.2) is 48.8 Å². The van der Waals surface area contributed by atoms with Crippen LogP contribution in [0.25, 0.3) is 0 Å². The standard InChI is InChI=1S/C19H26ClN3O3/c20-16-7-5-15(6-8-16)19(26)22-11-9-17(24)21-12-10-18(25)23-13-3-1-2-4-14-23/h5-8H,1-4,9-14H2,(H,21,24)(H,22,26). The van der Waals surface area contributed by atoms with Gasteiger partial charge in [-0.3, -0.25) is 14.4 Å². The predicted octanol–water partition coefficient (Wildman–Crippen LogP) is 2.37. The maximum atomic E-state index is 12.1. The molecule has 1 aliphatic heterocycles. The first kappa shape index (κ1) is 20.2. The Hall–Kier alpha value is -2.08. The molecule has 1 saturated heterocycles. The Balaban J connectivity index is 1.59. The van der Waals surface area contributed by atoms with Crippen molar-refractivity contribution in [3.63, 3.8) is 0 Å². The van der Waals surface area contributed by atoms with Crippen LogP contribution in [0.2, 0.25) is 5.02 Å². The van der Waals surface area contributed by atoms with Gasteiger partial charge in [0, 0.05) is 49.6 Å². The van der Waals surface area contributed by atoms with E-state index in [2.05, 4.69) is 10.6 Å². The molecule has 0 aromatic heterocycles. The minimum atomic E-state index is -0.245. The number of nitrogens with zero attached hydrogens (tertiary/aromatic N) is 1. The molecule has 0 unspecified atom stereocenters. The van der Waals surface area contributed by atoms with Crippen molar-refractivity contribution in [1.82, 2.24) is 15.5 Å². The van der Waals surface area contributed by atoms with Crippen molar-refractivity contribution in [2.24, 2.45) is 0 Å². The van der Waals surface area contributed by atoms with Crippen LogP contribution in [0.4, 0.5) is 0 Å². The molecule has 2 N–H and O–H groups in total. The Morgan fingerprint density at radius 3 is 2.15 bits per heavy atom. The molecule has 142 valence electrons. The number of benzene rings is 1. The number of hydrogen-bond donors (Lipinski definition) is 2. The van der Waals surface area contributed by atoms with E-state index in [0.717, 1.165) is 25.9 Å². The number of likely N-dealkylation sites (tertiary alicyclic amines) is 1. The number of carbonyl (C=O) groups excluding carboxylic acids is 3. The highest BCUT2D eigenvalue weighted by Crippen LogP contribution is 2.10. The fraction of sp³-hybridized carbons (Fsp3) is 0.526. The van der Waals surface area contributed by atoms with E-state index in [1.165, 1.54) is 12.8 Å². The lowest BCUT2D eigenvalue weighted by Gasteiger charge is -2.20. The fourth-order valence-electron chi connectivity index (χ4n) is 2.87. The number of rotatable bonds is 7. The SMILES string of the molecule is O=C(CCNC(=O)c1ccc(Cl)cc1)NCCC(=O)N1CCCCCC1. The van der Waals surface area contributed by atoms with Gasteiger partial charge in [0.15, 0.2) is 0 Å². The van der Waals surface area contributed by atoms with Gasteiger partial charge in [-0.2, -0.15) is 0 Å². The average molecular weight is 380 g/mol. The lowest BCUT2D eigenvalue weighted by molar-refractivity contribution is -0.131. The third-order valence-corrected chi connectivity index (χ3v) is 4.62. The van der Waals surface area contributed by atoms with E-state index in [9.17, 15) is 14.4 Å². The van der Waals surface area contributed by atoms with Gasteiger partial charge in [0.25, 0.3) is 5.91 Å². The predicted molar refractivity (Wildman–Crippen MR) is 101 cm³/mol. The number of amides is 3. The van der Waals surface area contributed by atoms with E-state index in [1.54, 1.807) is 24.3 Å². The Morgan fingerprint density at radius 1 is 0.885 bits per heavy atom. The maximum absolute atomic E-state index is 12.1. The normalized spacial score (nSPS) is 14.4. The quantitative estimate of drug-likeness (QED) is 0.763. The number of nitrogens with one attached hydrogen (secondary N) is 2. The molecule has 1 heterocycles. The van der Waals surface area contributed by atoms with Crippen molar-refractivity contribution in [3.05, 3.63) is 34.9 Å². The molecular weight excluding hydrogens is 354 g/mol. The molecule has 0 spiro atoms. The van der Waals surface area contributed by atoms with Crippen molar-refractivity contribution in [3.8, 4) is 0 Å². The lowest BCUT2D eigenvalue weighted by atomic mass is 10.2. The fourth-order valence-corrected chi connectivity index (χ4v) is 2.99. The van der Waals surface area contributed by atoms with Crippen LogP contribution in [0.3, 0.4) is 0 Å². The summed E-state index contributed by atoms with van der Waals surface area (Å²) in [5.74, 6) is -0.320. The Kier molecular flexibility index (Phi) is 8.41. The van der Waals surface area contributed by atoms with Crippen molar-refractivity contribution < 1.29 is 14.4 Å². The van der Waals surface area contributed by atoms with E-state index in [0.29, 0.717) is 23.6 Å². The maximum Gasteiger partial charge on any atom is 0.251 e. The van der Waals surface area contributed by atoms with Gasteiger partial charge in [-0.15, -0.1) is 0 Å². The highest BCUT2D eigenvalue weighted by atomic mass is 35.5. The second-order valence-corrected chi connectivity index (χ2v) is 6.84. The second-order valence-electron chi connectivity index (χ2n) is 6.41. The topological polar surface area (TPSA) is 78.5 Å². The lowest BCUT2D eigenvalue weighted by Crippen LogP contribution is -2.36. The van der Waals surface area contributed by atoms with Crippen molar-refractivity contribution in [1.29, 1.82) is 0 Å². The van der Waals surface area contributed by atoms with E-state index in [1.807, 2.05) is 4.90 Å². The van der Waals surface area contributed by atoms with Gasteiger partial charge in [-0.05, 0) is 37.1 Å². The van der Waals surface area contributed by atoms with Crippen molar-refractivity contribution in [2.75, 3.05) is 26.2 Å². The minimum absolute atomic E-state index is 0.100. The molecule has 1 aromatic rings. The molecule has 0 radical (unpaired) electrons. The van der Waals surface area contributed by atoms with Crippen LogP contribution < -0.4 is 10.6 Å². The minimum Gasteiger partial charge on any atom is -0.356 e. The summed E-state index contributed by atoms with van der Waals surface area (Å²) in [6.07, 6.45) is 4.99. The molecule has 1 aromatic carbocycles. The van der Waals surface area contributed by atoms with E-state index >= 15 is 0 Å². The van der Waals surface area contributed by atoms with E-state index in [-0.39, 0.29) is 30.7 Å². The zero-order valence-corrected chi connectivity index (χ0v) is 15.7. The van der Waals surface area contributed by atoms with Gasteiger partial charge in [0.2, 0.25) is 11.8 Å². The Labute approximate surface area is 159 Å². The summed E-state index contributed by atoms with van der Waals surface area (Å²) in [5, 5.41) is 5.99. The zero-order valence-electron chi connectivity index (χ0n) is 14.9. The summed E-state index contributed by atoms with van der Waals surface area (Å²) in [6, 6.07) is 6.55. The third-order valence-electron chi connectivity index (χ3n) is 4.36. The molecule has 6 nitrogen and oxygen atoms in total. The zero-order chi connectivity index (χ0) is 18.8. The van der Waals surface area contributed by atoms with E-state index in [4.69, 9.17) is 11.6 Å².